The number of ether oxygens (including phenoxy) is 2. The molecule has 0 saturated carbocycles. The van der Waals surface area contributed by atoms with Crippen LogP contribution in [0.3, 0.4) is 0 Å². The number of nitrogens with zero attached hydrogens (tertiary/aromatic N) is 2. The van der Waals surface area contributed by atoms with Gasteiger partial charge in [-0.1, -0.05) is 0 Å². The molecule has 0 bridgehead atoms. The first kappa shape index (κ1) is 21.6. The highest BCUT2D eigenvalue weighted by atomic mass is 32.2. The number of sulfonamides is 1. The van der Waals surface area contributed by atoms with Crippen LogP contribution < -0.4 is 14.2 Å². The molecule has 0 radical (unpaired) electrons. The maximum Gasteiger partial charge on any atom is 0.238 e. The summed E-state index contributed by atoms with van der Waals surface area (Å²) < 4.78 is 42.7. The van der Waals surface area contributed by atoms with Crippen LogP contribution in [0, 0.1) is 13.8 Å². The number of benzene rings is 1. The third kappa shape index (κ3) is 4.11. The van der Waals surface area contributed by atoms with E-state index in [0.29, 0.717) is 16.9 Å². The highest BCUT2D eigenvalue weighted by Gasteiger charge is 2.17. The van der Waals surface area contributed by atoms with Crippen molar-refractivity contribution in [2.75, 3.05) is 25.2 Å². The molecule has 0 atom stereocenters. The number of anilines is 1. The summed E-state index contributed by atoms with van der Waals surface area (Å²) in [5, 5.41) is 0.817. The van der Waals surface area contributed by atoms with Gasteiger partial charge in [-0.3, -0.25) is 9.71 Å². The van der Waals surface area contributed by atoms with Gasteiger partial charge in [0.1, 0.15) is 22.8 Å². The SMILES string of the molecule is COc1ncc(-c2cc3cncc(-c4cc(C)c(OC)c(C)c4)c3o2)cc1NS(C)(=O)=O. The number of hydrogen-bond donors (Lipinski definition) is 1. The van der Waals surface area contributed by atoms with E-state index in [4.69, 9.17) is 13.9 Å². The van der Waals surface area contributed by atoms with Crippen LogP contribution in [0.4, 0.5) is 5.69 Å². The topological polar surface area (TPSA) is 104 Å². The van der Waals surface area contributed by atoms with E-state index in [1.54, 1.807) is 31.8 Å². The predicted octanol–water partition coefficient (Wildman–Crippen LogP) is 4.56. The lowest BCUT2D eigenvalue weighted by Crippen LogP contribution is -2.11. The lowest BCUT2D eigenvalue weighted by atomic mass is 10.00. The highest BCUT2D eigenvalue weighted by Crippen LogP contribution is 2.37. The summed E-state index contributed by atoms with van der Waals surface area (Å²) in [6.45, 7) is 3.99. The molecule has 3 heterocycles. The van der Waals surface area contributed by atoms with E-state index in [-0.39, 0.29) is 11.6 Å². The molecule has 0 spiro atoms. The average Bonchev–Trinajstić information content (AvgIpc) is 3.16. The zero-order valence-electron chi connectivity index (χ0n) is 18.4. The molecule has 0 amide bonds. The number of aryl methyl sites for hydroxylation is 2. The van der Waals surface area contributed by atoms with Crippen molar-refractivity contribution < 1.29 is 22.3 Å². The van der Waals surface area contributed by atoms with Crippen molar-refractivity contribution in [2.24, 2.45) is 0 Å². The van der Waals surface area contributed by atoms with Crippen LogP contribution in [0.5, 0.6) is 11.6 Å². The summed E-state index contributed by atoms with van der Waals surface area (Å²) in [7, 11) is -0.428. The minimum atomic E-state index is -3.51. The van der Waals surface area contributed by atoms with Gasteiger partial charge in [-0.25, -0.2) is 13.4 Å². The van der Waals surface area contributed by atoms with Crippen molar-refractivity contribution in [1.82, 2.24) is 9.97 Å². The van der Waals surface area contributed by atoms with E-state index < -0.39 is 10.0 Å². The Labute approximate surface area is 186 Å². The Morgan fingerprint density at radius 2 is 1.66 bits per heavy atom. The minimum Gasteiger partial charge on any atom is -0.496 e. The second-order valence-corrected chi connectivity index (χ2v) is 9.26. The predicted molar refractivity (Wildman–Crippen MR) is 124 cm³/mol. The average molecular weight is 454 g/mol. The number of methoxy groups -OCH3 is 2. The van der Waals surface area contributed by atoms with Crippen molar-refractivity contribution in [3.63, 3.8) is 0 Å². The lowest BCUT2D eigenvalue weighted by Gasteiger charge is -2.11. The third-order valence-corrected chi connectivity index (χ3v) is 5.61. The number of fused-ring (bicyclic) bond motifs is 1. The molecule has 32 heavy (non-hydrogen) atoms. The molecule has 166 valence electrons. The number of hydrogen-bond acceptors (Lipinski definition) is 7. The molecule has 0 saturated heterocycles. The van der Waals surface area contributed by atoms with Gasteiger partial charge in [0.2, 0.25) is 15.9 Å². The molecule has 0 unspecified atom stereocenters. The zero-order chi connectivity index (χ0) is 23.0. The first-order valence-electron chi connectivity index (χ1n) is 9.75. The summed E-state index contributed by atoms with van der Waals surface area (Å²) in [6, 6.07) is 7.54. The smallest absolute Gasteiger partial charge is 0.238 e. The van der Waals surface area contributed by atoms with E-state index in [9.17, 15) is 8.42 Å². The van der Waals surface area contributed by atoms with Gasteiger partial charge in [-0.2, -0.15) is 0 Å². The van der Waals surface area contributed by atoms with Crippen LogP contribution in [0.15, 0.2) is 47.3 Å². The molecule has 4 aromatic rings. The van der Waals surface area contributed by atoms with E-state index in [1.165, 1.54) is 7.11 Å². The normalized spacial score (nSPS) is 11.5. The second-order valence-electron chi connectivity index (χ2n) is 7.51. The van der Waals surface area contributed by atoms with E-state index in [0.717, 1.165) is 39.6 Å². The summed E-state index contributed by atoms with van der Waals surface area (Å²) in [6.07, 6.45) is 6.12. The maximum absolute atomic E-state index is 11.7. The monoisotopic (exact) mass is 453 g/mol. The fourth-order valence-electron chi connectivity index (χ4n) is 3.76. The second kappa shape index (κ2) is 8.16. The van der Waals surface area contributed by atoms with Crippen molar-refractivity contribution in [2.45, 2.75) is 13.8 Å². The molecule has 0 aliphatic carbocycles. The number of rotatable bonds is 6. The van der Waals surface area contributed by atoms with Crippen LogP contribution in [0.2, 0.25) is 0 Å². The maximum atomic E-state index is 11.7. The van der Waals surface area contributed by atoms with Crippen molar-refractivity contribution >= 4 is 26.7 Å². The van der Waals surface area contributed by atoms with Gasteiger partial charge in [-0.05, 0) is 54.8 Å². The van der Waals surface area contributed by atoms with E-state index in [1.807, 2.05) is 32.0 Å². The first-order chi connectivity index (χ1) is 15.2. The Kier molecular flexibility index (Phi) is 5.52. The molecular formula is C23H23N3O5S. The van der Waals surface area contributed by atoms with Gasteiger partial charge in [0.05, 0.1) is 20.5 Å². The number of furan rings is 1. The lowest BCUT2D eigenvalue weighted by molar-refractivity contribution is 0.400. The van der Waals surface area contributed by atoms with Crippen molar-refractivity contribution in [3.8, 4) is 34.1 Å². The van der Waals surface area contributed by atoms with Gasteiger partial charge in [-0.15, -0.1) is 0 Å². The quantitative estimate of drug-likeness (QED) is 0.456. The summed E-state index contributed by atoms with van der Waals surface area (Å²) in [5.41, 5.74) is 5.34. The van der Waals surface area contributed by atoms with Crippen LogP contribution in [-0.4, -0.2) is 38.9 Å². The van der Waals surface area contributed by atoms with Gasteiger partial charge in [0, 0.05) is 35.1 Å². The third-order valence-electron chi connectivity index (χ3n) is 5.02. The number of nitrogens with one attached hydrogen (secondary N) is 1. The standard InChI is InChI=1S/C23H23N3O5S/c1-13-6-15(7-14(2)21(13)29-3)18-12-24-10-17-9-20(31-22(17)18)16-8-19(26-32(5,27)28)23(30-4)25-11-16/h6-12,26H,1-5H3. The molecule has 9 heteroatoms. The fourth-order valence-corrected chi connectivity index (χ4v) is 4.31. The summed E-state index contributed by atoms with van der Waals surface area (Å²) in [4.78, 5) is 8.59. The number of pyridine rings is 2. The van der Waals surface area contributed by atoms with Crippen LogP contribution in [0.25, 0.3) is 33.4 Å². The van der Waals surface area contributed by atoms with E-state index >= 15 is 0 Å². The Morgan fingerprint density at radius 3 is 2.28 bits per heavy atom. The molecule has 0 aliphatic rings. The molecular weight excluding hydrogens is 430 g/mol. The molecule has 1 N–H and O–H groups in total. The van der Waals surface area contributed by atoms with Crippen molar-refractivity contribution in [3.05, 3.63) is 54.0 Å². The van der Waals surface area contributed by atoms with Gasteiger partial charge in [0.15, 0.2) is 0 Å². The summed E-state index contributed by atoms with van der Waals surface area (Å²) in [5.74, 6) is 1.55. The Morgan fingerprint density at radius 1 is 0.938 bits per heavy atom. The van der Waals surface area contributed by atoms with Crippen LogP contribution >= 0.6 is 0 Å². The minimum absolute atomic E-state index is 0.168. The van der Waals surface area contributed by atoms with Gasteiger partial charge >= 0.3 is 0 Å². The Bertz CT molecular complexity index is 1400. The molecule has 0 aliphatic heterocycles. The first-order valence-corrected chi connectivity index (χ1v) is 11.6. The summed E-state index contributed by atoms with van der Waals surface area (Å²) >= 11 is 0. The van der Waals surface area contributed by atoms with E-state index in [2.05, 4.69) is 14.7 Å². The van der Waals surface area contributed by atoms with Crippen LogP contribution in [0.1, 0.15) is 11.1 Å². The molecule has 4 rings (SSSR count). The zero-order valence-corrected chi connectivity index (χ0v) is 19.2. The largest absolute Gasteiger partial charge is 0.496 e. The Balaban J connectivity index is 1.84. The molecule has 1 aromatic carbocycles. The van der Waals surface area contributed by atoms with Gasteiger partial charge < -0.3 is 13.9 Å². The molecule has 3 aromatic heterocycles. The Hall–Kier alpha value is -3.59. The van der Waals surface area contributed by atoms with Gasteiger partial charge in [0.25, 0.3) is 0 Å². The number of aromatic nitrogens is 2. The molecule has 0 fully saturated rings. The van der Waals surface area contributed by atoms with Crippen molar-refractivity contribution in [1.29, 1.82) is 0 Å². The molecule has 8 nitrogen and oxygen atoms in total. The van der Waals surface area contributed by atoms with Crippen LogP contribution in [-0.2, 0) is 10.0 Å². The fraction of sp³-hybridized carbons (Fsp3) is 0.217. The highest BCUT2D eigenvalue weighted by molar-refractivity contribution is 7.92.